The number of aromatic nitrogens is 3. The number of thioether (sulfide) groups is 1. The van der Waals surface area contributed by atoms with Crippen LogP contribution < -0.4 is 10.2 Å². The van der Waals surface area contributed by atoms with Crippen LogP contribution in [-0.2, 0) is 13.6 Å². The number of hydrogen-bond donors (Lipinski definition) is 1. The quantitative estimate of drug-likeness (QED) is 0.408. The molecule has 0 radical (unpaired) electrons. The predicted molar refractivity (Wildman–Crippen MR) is 118 cm³/mol. The summed E-state index contributed by atoms with van der Waals surface area (Å²) in [7, 11) is 1.93. The Kier molecular flexibility index (Phi) is 7.89. The van der Waals surface area contributed by atoms with Crippen LogP contribution >= 0.6 is 11.8 Å². The third-order valence-corrected chi connectivity index (χ3v) is 5.89. The summed E-state index contributed by atoms with van der Waals surface area (Å²) in [6.45, 7) is 5.69. The van der Waals surface area contributed by atoms with Crippen LogP contribution in [0.25, 0.3) is 0 Å². The van der Waals surface area contributed by atoms with E-state index in [9.17, 15) is 8.78 Å². The lowest BCUT2D eigenvalue weighted by Crippen LogP contribution is -2.53. The molecule has 0 bridgehead atoms. The van der Waals surface area contributed by atoms with Gasteiger partial charge in [0.15, 0.2) is 11.8 Å². The molecule has 10 heteroatoms. The Hall–Kier alpha value is -2.36. The summed E-state index contributed by atoms with van der Waals surface area (Å²) >= 11 is 1.82. The first-order chi connectivity index (χ1) is 14.5. The number of nitrogens with one attached hydrogen (secondary N) is 1. The van der Waals surface area contributed by atoms with E-state index in [0.717, 1.165) is 42.4 Å². The second kappa shape index (κ2) is 10.6. The molecule has 2 aromatic rings. The van der Waals surface area contributed by atoms with Gasteiger partial charge in [-0.15, -0.1) is 10.2 Å². The normalized spacial score (nSPS) is 15.0. The molecule has 164 valence electrons. The number of nitrogens with zero attached hydrogens (tertiary/aromatic N) is 6. The van der Waals surface area contributed by atoms with Crippen molar-refractivity contribution in [1.29, 1.82) is 0 Å². The van der Waals surface area contributed by atoms with E-state index in [1.54, 1.807) is 0 Å². The Morgan fingerprint density at radius 1 is 1.20 bits per heavy atom. The number of halogens is 2. The molecule has 1 aromatic carbocycles. The minimum Gasteiger partial charge on any atom is -0.366 e. The Balaban J connectivity index is 1.66. The molecule has 0 amide bonds. The van der Waals surface area contributed by atoms with Gasteiger partial charge < -0.3 is 19.7 Å². The molecular formula is C20H29F2N7S. The minimum atomic E-state index is -0.425. The van der Waals surface area contributed by atoms with E-state index in [1.807, 2.05) is 35.2 Å². The van der Waals surface area contributed by atoms with Gasteiger partial charge in [0.05, 0.1) is 5.69 Å². The predicted octanol–water partition coefficient (Wildman–Crippen LogP) is 2.42. The fraction of sp³-hybridized carbons (Fsp3) is 0.550. The number of aliphatic imine (C=N–C) groups is 1. The summed E-state index contributed by atoms with van der Waals surface area (Å²) in [6, 6.07) is 3.59. The van der Waals surface area contributed by atoms with Crippen LogP contribution in [0, 0.1) is 18.6 Å². The van der Waals surface area contributed by atoms with Crippen LogP contribution in [0.5, 0.6) is 0 Å². The fourth-order valence-electron chi connectivity index (χ4n) is 3.31. The molecule has 0 unspecified atom stereocenters. The lowest BCUT2D eigenvalue weighted by atomic mass is 10.2. The molecule has 0 saturated carbocycles. The number of hydrogen-bond acceptors (Lipinski definition) is 5. The molecule has 1 N–H and O–H groups in total. The van der Waals surface area contributed by atoms with Crippen molar-refractivity contribution in [2.24, 2.45) is 12.0 Å². The van der Waals surface area contributed by atoms with E-state index in [1.165, 1.54) is 12.1 Å². The van der Waals surface area contributed by atoms with Crippen molar-refractivity contribution in [3.8, 4) is 0 Å². The van der Waals surface area contributed by atoms with Crippen LogP contribution in [-0.4, -0.2) is 70.4 Å². The highest BCUT2D eigenvalue weighted by molar-refractivity contribution is 7.98. The van der Waals surface area contributed by atoms with Gasteiger partial charge in [0.1, 0.15) is 24.0 Å². The SMILES string of the molecule is CSCCCNC(=NCc1nnc(C)n1C)N1CCN(c2cc(F)ccc2F)CC1. The Bertz CT molecular complexity index is 863. The van der Waals surface area contributed by atoms with Gasteiger partial charge in [-0.2, -0.15) is 11.8 Å². The largest absolute Gasteiger partial charge is 0.366 e. The Morgan fingerprint density at radius 3 is 2.63 bits per heavy atom. The Labute approximate surface area is 180 Å². The van der Waals surface area contributed by atoms with E-state index in [-0.39, 0.29) is 0 Å². The topological polar surface area (TPSA) is 61.6 Å². The highest BCUT2D eigenvalue weighted by Crippen LogP contribution is 2.22. The number of rotatable bonds is 7. The van der Waals surface area contributed by atoms with E-state index in [0.29, 0.717) is 38.4 Å². The average molecular weight is 438 g/mol. The van der Waals surface area contributed by atoms with Crippen LogP contribution in [0.1, 0.15) is 18.1 Å². The molecule has 7 nitrogen and oxygen atoms in total. The minimum absolute atomic E-state index is 0.315. The van der Waals surface area contributed by atoms with Gasteiger partial charge in [-0.25, -0.2) is 13.8 Å². The van der Waals surface area contributed by atoms with Crippen molar-refractivity contribution in [2.75, 3.05) is 49.6 Å². The van der Waals surface area contributed by atoms with Crippen molar-refractivity contribution in [1.82, 2.24) is 25.0 Å². The zero-order valence-electron chi connectivity index (χ0n) is 17.7. The number of aryl methyl sites for hydroxylation is 1. The summed E-state index contributed by atoms with van der Waals surface area (Å²) in [6.07, 6.45) is 3.13. The van der Waals surface area contributed by atoms with Gasteiger partial charge in [0.2, 0.25) is 0 Å². The fourth-order valence-corrected chi connectivity index (χ4v) is 3.74. The Morgan fingerprint density at radius 2 is 1.97 bits per heavy atom. The summed E-state index contributed by atoms with van der Waals surface area (Å²) in [5.41, 5.74) is 0.315. The molecule has 3 rings (SSSR count). The highest BCUT2D eigenvalue weighted by Gasteiger charge is 2.22. The van der Waals surface area contributed by atoms with E-state index in [2.05, 4.69) is 26.7 Å². The summed E-state index contributed by atoms with van der Waals surface area (Å²) in [4.78, 5) is 8.81. The molecule has 0 atom stereocenters. The van der Waals surface area contributed by atoms with Gasteiger partial charge in [-0.05, 0) is 37.5 Å². The maximum Gasteiger partial charge on any atom is 0.194 e. The highest BCUT2D eigenvalue weighted by atomic mass is 32.2. The molecule has 1 aromatic heterocycles. The van der Waals surface area contributed by atoms with Crippen molar-refractivity contribution in [3.05, 3.63) is 41.5 Å². The summed E-state index contributed by atoms with van der Waals surface area (Å²) < 4.78 is 29.6. The number of anilines is 1. The summed E-state index contributed by atoms with van der Waals surface area (Å²) in [5, 5.41) is 11.7. The summed E-state index contributed by atoms with van der Waals surface area (Å²) in [5.74, 6) is 2.72. The van der Waals surface area contributed by atoms with Gasteiger partial charge >= 0.3 is 0 Å². The molecule has 0 aliphatic carbocycles. The van der Waals surface area contributed by atoms with Crippen LogP contribution in [0.3, 0.4) is 0 Å². The molecular weight excluding hydrogens is 408 g/mol. The van der Waals surface area contributed by atoms with Crippen molar-refractivity contribution >= 4 is 23.4 Å². The van der Waals surface area contributed by atoms with Crippen molar-refractivity contribution < 1.29 is 8.78 Å². The van der Waals surface area contributed by atoms with Gasteiger partial charge in [-0.1, -0.05) is 0 Å². The lowest BCUT2D eigenvalue weighted by molar-refractivity contribution is 0.369. The standard InChI is InChI=1S/C20H29F2N7S/c1-15-25-26-19(27(15)2)14-24-20(23-7-4-12-30-3)29-10-8-28(9-11-29)18-13-16(21)5-6-17(18)22/h5-6,13H,4,7-12,14H2,1-3H3,(H,23,24). The zero-order chi connectivity index (χ0) is 21.5. The zero-order valence-corrected chi connectivity index (χ0v) is 18.6. The number of piperazine rings is 1. The molecule has 1 fully saturated rings. The third-order valence-electron chi connectivity index (χ3n) is 5.19. The first-order valence-electron chi connectivity index (χ1n) is 10.1. The smallest absolute Gasteiger partial charge is 0.194 e. The number of benzene rings is 1. The van der Waals surface area contributed by atoms with Gasteiger partial charge in [0.25, 0.3) is 0 Å². The third kappa shape index (κ3) is 5.62. The van der Waals surface area contributed by atoms with E-state index in [4.69, 9.17) is 4.99 Å². The van der Waals surface area contributed by atoms with E-state index < -0.39 is 11.6 Å². The average Bonchev–Trinajstić information content (AvgIpc) is 3.07. The second-order valence-corrected chi connectivity index (χ2v) is 8.19. The monoisotopic (exact) mass is 437 g/mol. The van der Waals surface area contributed by atoms with Crippen molar-refractivity contribution in [3.63, 3.8) is 0 Å². The maximum absolute atomic E-state index is 14.1. The molecule has 1 saturated heterocycles. The first kappa shape index (κ1) is 22.3. The van der Waals surface area contributed by atoms with Gasteiger partial charge in [-0.3, -0.25) is 0 Å². The van der Waals surface area contributed by atoms with Gasteiger partial charge in [0, 0.05) is 45.8 Å². The molecule has 0 spiro atoms. The number of guanidine groups is 1. The molecule has 2 heterocycles. The van der Waals surface area contributed by atoms with Crippen LogP contribution in [0.2, 0.25) is 0 Å². The first-order valence-corrected chi connectivity index (χ1v) is 11.5. The molecule has 1 aliphatic heterocycles. The lowest BCUT2D eigenvalue weighted by Gasteiger charge is -2.37. The van der Waals surface area contributed by atoms with Crippen LogP contribution in [0.4, 0.5) is 14.5 Å². The molecule has 30 heavy (non-hydrogen) atoms. The second-order valence-electron chi connectivity index (χ2n) is 7.21. The maximum atomic E-state index is 14.1. The van der Waals surface area contributed by atoms with Crippen LogP contribution in [0.15, 0.2) is 23.2 Å². The molecule has 1 aliphatic rings. The van der Waals surface area contributed by atoms with Crippen molar-refractivity contribution in [2.45, 2.75) is 19.9 Å². The van der Waals surface area contributed by atoms with E-state index >= 15 is 0 Å².